The Morgan fingerprint density at radius 2 is 1.78 bits per heavy atom. The van der Waals surface area contributed by atoms with E-state index in [9.17, 15) is 4.79 Å². The number of piperidine rings is 1. The summed E-state index contributed by atoms with van der Waals surface area (Å²) in [5, 5.41) is 7.17. The van der Waals surface area contributed by atoms with Crippen LogP contribution in [0.2, 0.25) is 0 Å². The number of hydrogen-bond donors (Lipinski definition) is 1. The van der Waals surface area contributed by atoms with Gasteiger partial charge in [0, 0.05) is 12.1 Å². The summed E-state index contributed by atoms with van der Waals surface area (Å²) in [6, 6.07) is 0. The fourth-order valence-electron chi connectivity index (χ4n) is 4.23. The molecule has 0 radical (unpaired) electrons. The minimum Gasteiger partial charge on any atom is -0.361 e. The Morgan fingerprint density at radius 3 is 2.39 bits per heavy atom. The Kier molecular flexibility index (Phi) is 5.05. The lowest BCUT2D eigenvalue weighted by Gasteiger charge is -2.46. The number of rotatable bonds is 4. The molecule has 1 N–H and O–H groups in total. The number of nitrogens with zero attached hydrogens (tertiary/aromatic N) is 2. The van der Waals surface area contributed by atoms with Crippen molar-refractivity contribution in [2.75, 3.05) is 13.1 Å². The molecule has 1 aliphatic carbocycles. The summed E-state index contributed by atoms with van der Waals surface area (Å²) >= 11 is 0. The van der Waals surface area contributed by atoms with Crippen molar-refractivity contribution in [1.29, 1.82) is 0 Å². The maximum Gasteiger partial charge on any atom is 0.240 e. The molecule has 1 aromatic rings. The Bertz CT molecular complexity index is 521. The number of carbonyl (C=O) groups excluding carboxylic acids is 1. The maximum absolute atomic E-state index is 13.1. The second kappa shape index (κ2) is 7.04. The van der Waals surface area contributed by atoms with Crippen LogP contribution < -0.4 is 5.32 Å². The van der Waals surface area contributed by atoms with Gasteiger partial charge in [0.05, 0.1) is 5.69 Å². The van der Waals surface area contributed by atoms with Crippen molar-refractivity contribution in [3.63, 3.8) is 0 Å². The molecule has 2 aliphatic rings. The van der Waals surface area contributed by atoms with Crippen LogP contribution in [0.1, 0.15) is 68.4 Å². The Morgan fingerprint density at radius 1 is 1.13 bits per heavy atom. The first kappa shape index (κ1) is 16.5. The fraction of sp³-hybridized carbons (Fsp3) is 0.778. The summed E-state index contributed by atoms with van der Waals surface area (Å²) < 4.78 is 5.20. The first-order valence-electron chi connectivity index (χ1n) is 9.08. The normalized spacial score (nSPS) is 22.0. The molecule has 2 heterocycles. The Balaban J connectivity index is 1.72. The first-order chi connectivity index (χ1) is 11.1. The molecule has 23 heavy (non-hydrogen) atoms. The van der Waals surface area contributed by atoms with Gasteiger partial charge in [0.1, 0.15) is 11.3 Å². The number of carbonyl (C=O) groups is 1. The number of aromatic nitrogens is 1. The fourth-order valence-corrected chi connectivity index (χ4v) is 4.23. The van der Waals surface area contributed by atoms with Crippen molar-refractivity contribution in [1.82, 2.24) is 15.4 Å². The summed E-state index contributed by atoms with van der Waals surface area (Å²) in [6.45, 7) is 6.49. The molecular weight excluding hydrogens is 290 g/mol. The van der Waals surface area contributed by atoms with Gasteiger partial charge >= 0.3 is 0 Å². The van der Waals surface area contributed by atoms with Crippen molar-refractivity contribution >= 4 is 5.91 Å². The van der Waals surface area contributed by atoms with Gasteiger partial charge in [-0.2, -0.15) is 0 Å². The Labute approximate surface area is 138 Å². The van der Waals surface area contributed by atoms with E-state index in [4.69, 9.17) is 4.52 Å². The molecule has 1 aromatic heterocycles. The molecule has 1 saturated carbocycles. The van der Waals surface area contributed by atoms with Crippen LogP contribution in [0.4, 0.5) is 0 Å². The van der Waals surface area contributed by atoms with E-state index in [-0.39, 0.29) is 11.4 Å². The van der Waals surface area contributed by atoms with Crippen LogP contribution >= 0.6 is 0 Å². The number of nitrogens with one attached hydrogen (secondary N) is 1. The lowest BCUT2D eigenvalue weighted by molar-refractivity contribution is -0.137. The molecule has 5 heteroatoms. The van der Waals surface area contributed by atoms with Gasteiger partial charge in [-0.1, -0.05) is 30.8 Å². The van der Waals surface area contributed by atoms with Crippen molar-refractivity contribution in [3.8, 4) is 0 Å². The van der Waals surface area contributed by atoms with E-state index in [1.165, 1.54) is 25.7 Å². The van der Waals surface area contributed by atoms with Crippen molar-refractivity contribution in [2.24, 2.45) is 0 Å². The van der Waals surface area contributed by atoms with E-state index in [0.717, 1.165) is 55.8 Å². The first-order valence-corrected chi connectivity index (χ1v) is 9.08. The SMILES string of the molecule is Cc1noc(C)c1CNC(=O)C1(N2CCCCC2)CCCCC1. The Hall–Kier alpha value is -1.36. The maximum atomic E-state index is 13.1. The lowest BCUT2D eigenvalue weighted by atomic mass is 9.78. The zero-order valence-corrected chi connectivity index (χ0v) is 14.5. The highest BCUT2D eigenvalue weighted by Gasteiger charge is 2.44. The predicted octanol–water partition coefficient (Wildman–Crippen LogP) is 3.10. The predicted molar refractivity (Wildman–Crippen MR) is 89.1 cm³/mol. The van der Waals surface area contributed by atoms with E-state index in [1.807, 2.05) is 13.8 Å². The number of aryl methyl sites for hydroxylation is 2. The molecule has 1 amide bonds. The number of likely N-dealkylation sites (tertiary alicyclic amines) is 1. The van der Waals surface area contributed by atoms with Crippen molar-refractivity contribution in [3.05, 3.63) is 17.0 Å². The smallest absolute Gasteiger partial charge is 0.240 e. The van der Waals surface area contributed by atoms with Crippen LogP contribution in [-0.2, 0) is 11.3 Å². The van der Waals surface area contributed by atoms with Crippen molar-refractivity contribution < 1.29 is 9.32 Å². The third kappa shape index (κ3) is 3.30. The molecule has 0 unspecified atom stereocenters. The summed E-state index contributed by atoms with van der Waals surface area (Å²) in [5.74, 6) is 1.01. The second-order valence-corrected chi connectivity index (χ2v) is 7.13. The third-order valence-corrected chi connectivity index (χ3v) is 5.67. The van der Waals surface area contributed by atoms with Crippen LogP contribution in [0.15, 0.2) is 4.52 Å². The van der Waals surface area contributed by atoms with Crippen molar-refractivity contribution in [2.45, 2.75) is 77.3 Å². The van der Waals surface area contributed by atoms with Crippen LogP contribution in [0.3, 0.4) is 0 Å². The minimum atomic E-state index is -0.280. The highest BCUT2D eigenvalue weighted by atomic mass is 16.5. The lowest BCUT2D eigenvalue weighted by Crippen LogP contribution is -2.60. The third-order valence-electron chi connectivity index (χ3n) is 5.67. The van der Waals surface area contributed by atoms with Gasteiger partial charge in [0.2, 0.25) is 5.91 Å². The van der Waals surface area contributed by atoms with E-state index >= 15 is 0 Å². The molecule has 0 spiro atoms. The quantitative estimate of drug-likeness (QED) is 0.926. The number of hydrogen-bond acceptors (Lipinski definition) is 4. The molecule has 0 atom stereocenters. The topological polar surface area (TPSA) is 58.4 Å². The molecular formula is C18H29N3O2. The summed E-state index contributed by atoms with van der Waals surface area (Å²) in [6.07, 6.45) is 9.32. The highest BCUT2D eigenvalue weighted by Crippen LogP contribution is 2.36. The molecule has 1 saturated heterocycles. The minimum absolute atomic E-state index is 0.208. The highest BCUT2D eigenvalue weighted by molar-refractivity contribution is 5.86. The van der Waals surface area contributed by atoms with Gasteiger partial charge < -0.3 is 9.84 Å². The number of amides is 1. The molecule has 0 bridgehead atoms. The van der Waals surface area contributed by atoms with Gasteiger partial charge in [-0.15, -0.1) is 0 Å². The average molecular weight is 319 g/mol. The van der Waals surface area contributed by atoms with Gasteiger partial charge in [-0.25, -0.2) is 0 Å². The van der Waals surface area contributed by atoms with E-state index in [1.54, 1.807) is 0 Å². The second-order valence-electron chi connectivity index (χ2n) is 7.13. The summed E-state index contributed by atoms with van der Waals surface area (Å²) in [5.41, 5.74) is 1.61. The van der Waals surface area contributed by atoms with Gasteiger partial charge in [-0.3, -0.25) is 9.69 Å². The standard InChI is InChI=1S/C18H29N3O2/c1-14-16(15(2)23-20-14)13-19-17(22)18(9-5-3-6-10-18)21-11-7-4-8-12-21/h3-13H2,1-2H3,(H,19,22). The zero-order chi connectivity index (χ0) is 16.3. The summed E-state index contributed by atoms with van der Waals surface area (Å²) in [4.78, 5) is 15.6. The van der Waals surface area contributed by atoms with E-state index in [2.05, 4.69) is 15.4 Å². The van der Waals surface area contributed by atoms with Crippen LogP contribution in [-0.4, -0.2) is 34.6 Å². The molecule has 1 aliphatic heterocycles. The van der Waals surface area contributed by atoms with Gasteiger partial charge in [-0.05, 0) is 52.6 Å². The molecule has 128 valence electrons. The zero-order valence-electron chi connectivity index (χ0n) is 14.5. The average Bonchev–Trinajstić information content (AvgIpc) is 2.92. The molecule has 5 nitrogen and oxygen atoms in total. The molecule has 0 aromatic carbocycles. The summed E-state index contributed by atoms with van der Waals surface area (Å²) in [7, 11) is 0. The van der Waals surface area contributed by atoms with Gasteiger partial charge in [0.25, 0.3) is 0 Å². The molecule has 3 rings (SSSR count). The van der Waals surface area contributed by atoms with Gasteiger partial charge in [0.15, 0.2) is 0 Å². The molecule has 2 fully saturated rings. The van der Waals surface area contributed by atoms with Crippen LogP contribution in [0, 0.1) is 13.8 Å². The van der Waals surface area contributed by atoms with Crippen LogP contribution in [0.5, 0.6) is 0 Å². The van der Waals surface area contributed by atoms with Crippen LogP contribution in [0.25, 0.3) is 0 Å². The largest absolute Gasteiger partial charge is 0.361 e. The van der Waals surface area contributed by atoms with E-state index in [0.29, 0.717) is 6.54 Å². The monoisotopic (exact) mass is 319 g/mol. The van der Waals surface area contributed by atoms with E-state index < -0.39 is 0 Å².